The van der Waals surface area contributed by atoms with Crippen molar-refractivity contribution in [1.82, 2.24) is 0 Å². The Morgan fingerprint density at radius 2 is 1.95 bits per heavy atom. The standard InChI is InChI=1S/C13H11Cl2NO4/c1-20-13(17)10(8-14)4-7-12(15)9-2-5-11(6-3-9)16(18)19/h2-7H,8H2,1H3/b10-4+,12-7-. The number of nitrogens with zero attached hydrogens (tertiary/aromatic N) is 1. The van der Waals surface area contributed by atoms with E-state index in [0.29, 0.717) is 10.6 Å². The van der Waals surface area contributed by atoms with Crippen molar-refractivity contribution in [2.45, 2.75) is 0 Å². The van der Waals surface area contributed by atoms with Gasteiger partial charge in [0.15, 0.2) is 0 Å². The molecule has 1 aromatic rings. The molecule has 0 unspecified atom stereocenters. The predicted octanol–water partition coefficient (Wildman–Crippen LogP) is 3.51. The smallest absolute Gasteiger partial charge is 0.334 e. The van der Waals surface area contributed by atoms with Crippen molar-refractivity contribution < 1.29 is 14.5 Å². The van der Waals surface area contributed by atoms with Crippen molar-refractivity contribution >= 4 is 39.9 Å². The van der Waals surface area contributed by atoms with Crippen molar-refractivity contribution in [3.05, 3.63) is 57.7 Å². The molecule has 5 nitrogen and oxygen atoms in total. The van der Waals surface area contributed by atoms with Gasteiger partial charge in [-0.2, -0.15) is 0 Å². The summed E-state index contributed by atoms with van der Waals surface area (Å²) in [4.78, 5) is 21.3. The van der Waals surface area contributed by atoms with Crippen molar-refractivity contribution in [1.29, 1.82) is 0 Å². The Morgan fingerprint density at radius 3 is 2.40 bits per heavy atom. The van der Waals surface area contributed by atoms with Gasteiger partial charge >= 0.3 is 5.97 Å². The Balaban J connectivity index is 2.96. The molecule has 0 bridgehead atoms. The number of carbonyl (C=O) groups excluding carboxylic acids is 1. The highest BCUT2D eigenvalue weighted by Crippen LogP contribution is 2.22. The van der Waals surface area contributed by atoms with E-state index in [1.807, 2.05) is 0 Å². The van der Waals surface area contributed by atoms with Crippen LogP contribution >= 0.6 is 23.2 Å². The number of allylic oxidation sites excluding steroid dienone is 2. The summed E-state index contributed by atoms with van der Waals surface area (Å²) in [6.07, 6.45) is 2.93. The first-order chi connectivity index (χ1) is 9.49. The fourth-order valence-electron chi connectivity index (χ4n) is 1.31. The average molecular weight is 316 g/mol. The number of hydrogen-bond donors (Lipinski definition) is 0. The Labute approximate surface area is 125 Å². The van der Waals surface area contributed by atoms with Crippen LogP contribution in [0.5, 0.6) is 0 Å². The maximum absolute atomic E-state index is 11.3. The number of nitro benzene ring substituents is 1. The van der Waals surface area contributed by atoms with Crippen LogP contribution in [-0.4, -0.2) is 23.9 Å². The quantitative estimate of drug-likeness (QED) is 0.208. The number of esters is 1. The molecule has 106 valence electrons. The number of halogens is 2. The molecule has 0 aromatic heterocycles. The molecule has 0 atom stereocenters. The number of alkyl halides is 1. The predicted molar refractivity (Wildman–Crippen MR) is 77.7 cm³/mol. The van der Waals surface area contributed by atoms with Crippen LogP contribution in [0.2, 0.25) is 0 Å². The molecule has 0 aliphatic rings. The molecule has 0 saturated heterocycles. The maximum Gasteiger partial charge on any atom is 0.334 e. The lowest BCUT2D eigenvalue weighted by molar-refractivity contribution is -0.384. The molecule has 7 heteroatoms. The highest BCUT2D eigenvalue weighted by atomic mass is 35.5. The van der Waals surface area contributed by atoms with Gasteiger partial charge in [0.2, 0.25) is 0 Å². The lowest BCUT2D eigenvalue weighted by Crippen LogP contribution is -2.05. The van der Waals surface area contributed by atoms with E-state index in [1.54, 1.807) is 0 Å². The molecule has 0 radical (unpaired) electrons. The summed E-state index contributed by atoms with van der Waals surface area (Å²) in [5, 5.41) is 10.9. The molecule has 0 saturated carbocycles. The minimum atomic E-state index is -0.538. The molecule has 0 amide bonds. The third-order valence-electron chi connectivity index (χ3n) is 2.38. The van der Waals surface area contributed by atoms with Gasteiger partial charge in [0, 0.05) is 17.2 Å². The third-order valence-corrected chi connectivity index (χ3v) is 3.01. The number of nitro groups is 1. The van der Waals surface area contributed by atoms with Crippen LogP contribution in [0.25, 0.3) is 5.03 Å². The van der Waals surface area contributed by atoms with Gasteiger partial charge in [-0.15, -0.1) is 11.6 Å². The van der Waals surface area contributed by atoms with Crippen molar-refractivity contribution in [2.24, 2.45) is 0 Å². The number of benzene rings is 1. The van der Waals surface area contributed by atoms with Gasteiger partial charge in [0.1, 0.15) is 0 Å². The minimum absolute atomic E-state index is 0.00635. The van der Waals surface area contributed by atoms with Crippen LogP contribution in [0.15, 0.2) is 42.0 Å². The number of methoxy groups -OCH3 is 1. The Kier molecular flexibility index (Phi) is 6.21. The fraction of sp³-hybridized carbons (Fsp3) is 0.154. The lowest BCUT2D eigenvalue weighted by Gasteiger charge is -2.00. The van der Waals surface area contributed by atoms with E-state index in [2.05, 4.69) is 4.74 Å². The Hall–Kier alpha value is -1.85. The number of ether oxygens (including phenoxy) is 1. The van der Waals surface area contributed by atoms with Gasteiger partial charge in [0.25, 0.3) is 5.69 Å². The number of carbonyl (C=O) groups is 1. The van der Waals surface area contributed by atoms with Crippen LogP contribution in [0.3, 0.4) is 0 Å². The van der Waals surface area contributed by atoms with Gasteiger partial charge < -0.3 is 4.74 Å². The van der Waals surface area contributed by atoms with E-state index in [0.717, 1.165) is 0 Å². The van der Waals surface area contributed by atoms with Crippen molar-refractivity contribution in [3.63, 3.8) is 0 Å². The molecule has 0 N–H and O–H groups in total. The molecule has 0 aliphatic heterocycles. The second kappa shape index (κ2) is 7.67. The van der Waals surface area contributed by atoms with Gasteiger partial charge in [-0.1, -0.05) is 11.6 Å². The maximum atomic E-state index is 11.3. The minimum Gasteiger partial charge on any atom is -0.466 e. The van der Waals surface area contributed by atoms with E-state index in [-0.39, 0.29) is 17.1 Å². The van der Waals surface area contributed by atoms with Crippen molar-refractivity contribution in [3.8, 4) is 0 Å². The van der Waals surface area contributed by atoms with E-state index < -0.39 is 10.9 Å². The van der Waals surface area contributed by atoms with Crippen LogP contribution in [-0.2, 0) is 9.53 Å². The molecular weight excluding hydrogens is 305 g/mol. The Morgan fingerprint density at radius 1 is 1.35 bits per heavy atom. The van der Waals surface area contributed by atoms with Crippen LogP contribution in [0, 0.1) is 10.1 Å². The number of hydrogen-bond acceptors (Lipinski definition) is 4. The van der Waals surface area contributed by atoms with Crippen LogP contribution < -0.4 is 0 Å². The van der Waals surface area contributed by atoms with Gasteiger partial charge in [-0.3, -0.25) is 10.1 Å². The molecular formula is C13H11Cl2NO4. The summed E-state index contributed by atoms with van der Waals surface area (Å²) in [6.45, 7) is 0. The van der Waals surface area contributed by atoms with E-state index >= 15 is 0 Å². The summed E-state index contributed by atoms with van der Waals surface area (Å²) in [5.74, 6) is -0.544. The van der Waals surface area contributed by atoms with E-state index in [9.17, 15) is 14.9 Å². The monoisotopic (exact) mass is 315 g/mol. The zero-order valence-corrected chi connectivity index (χ0v) is 12.0. The first kappa shape index (κ1) is 16.2. The zero-order chi connectivity index (χ0) is 15.1. The third kappa shape index (κ3) is 4.36. The second-order valence-electron chi connectivity index (χ2n) is 3.64. The number of rotatable bonds is 5. The molecule has 1 rings (SSSR count). The zero-order valence-electron chi connectivity index (χ0n) is 10.5. The molecule has 20 heavy (non-hydrogen) atoms. The molecule has 1 aromatic carbocycles. The molecule has 0 fully saturated rings. The van der Waals surface area contributed by atoms with Gasteiger partial charge in [0.05, 0.1) is 23.5 Å². The topological polar surface area (TPSA) is 69.4 Å². The van der Waals surface area contributed by atoms with E-state index in [4.69, 9.17) is 23.2 Å². The Bertz CT molecular complexity index is 564. The summed E-state index contributed by atoms with van der Waals surface area (Å²) < 4.78 is 4.54. The highest BCUT2D eigenvalue weighted by molar-refractivity contribution is 6.48. The second-order valence-corrected chi connectivity index (χ2v) is 4.31. The van der Waals surface area contributed by atoms with Gasteiger partial charge in [-0.25, -0.2) is 4.79 Å². The summed E-state index contributed by atoms with van der Waals surface area (Å²) in [6, 6.07) is 5.72. The number of non-ortho nitro benzene ring substituents is 1. The lowest BCUT2D eigenvalue weighted by atomic mass is 10.1. The normalized spacial score (nSPS) is 12.2. The average Bonchev–Trinajstić information content (AvgIpc) is 2.47. The largest absolute Gasteiger partial charge is 0.466 e. The van der Waals surface area contributed by atoms with Crippen molar-refractivity contribution in [2.75, 3.05) is 13.0 Å². The molecule has 0 heterocycles. The fourth-order valence-corrected chi connectivity index (χ4v) is 1.70. The SMILES string of the molecule is COC(=O)/C(=C/C=C(\Cl)c1ccc([N+](=O)[O-])cc1)CCl. The summed E-state index contributed by atoms with van der Waals surface area (Å²) in [5.41, 5.74) is 0.825. The van der Waals surface area contributed by atoms with Crippen LogP contribution in [0.4, 0.5) is 5.69 Å². The summed E-state index contributed by atoms with van der Waals surface area (Å²) >= 11 is 11.6. The van der Waals surface area contributed by atoms with Gasteiger partial charge in [-0.05, 0) is 29.8 Å². The summed E-state index contributed by atoms with van der Waals surface area (Å²) in [7, 11) is 1.25. The van der Waals surface area contributed by atoms with Crippen LogP contribution in [0.1, 0.15) is 5.56 Å². The van der Waals surface area contributed by atoms with E-state index in [1.165, 1.54) is 43.5 Å². The molecule has 0 spiro atoms. The molecule has 0 aliphatic carbocycles. The first-order valence-electron chi connectivity index (χ1n) is 5.45. The highest BCUT2D eigenvalue weighted by Gasteiger charge is 2.08. The first-order valence-corrected chi connectivity index (χ1v) is 6.36.